The van der Waals surface area contributed by atoms with Crippen molar-refractivity contribution in [2.75, 3.05) is 11.9 Å². The highest BCUT2D eigenvalue weighted by Gasteiger charge is 2.29. The van der Waals surface area contributed by atoms with Crippen molar-refractivity contribution in [2.24, 2.45) is 5.73 Å². The number of rotatable bonds is 4. The standard InChI is InChI=1S/C18H17FN2O4/c1-9(25-19)17-13-6-12(16(23)7-15(13)21-18(17)24)10-2-4-11(5-3-10)14(20)8-22/h2-7,14,22-23H,8,20H2,1H3,(H,21,24)/b17-9+. The Hall–Kier alpha value is -2.90. The van der Waals surface area contributed by atoms with Gasteiger partial charge in [0.25, 0.3) is 5.91 Å². The first-order valence-electron chi connectivity index (χ1n) is 7.61. The molecule has 130 valence electrons. The summed E-state index contributed by atoms with van der Waals surface area (Å²) in [5, 5.41) is 22.0. The van der Waals surface area contributed by atoms with E-state index in [-0.39, 0.29) is 23.7 Å². The van der Waals surface area contributed by atoms with Crippen LogP contribution in [0.4, 0.5) is 10.2 Å². The van der Waals surface area contributed by atoms with Crippen molar-refractivity contribution in [3.63, 3.8) is 0 Å². The highest BCUT2D eigenvalue weighted by Crippen LogP contribution is 2.41. The fourth-order valence-corrected chi connectivity index (χ4v) is 2.84. The minimum Gasteiger partial charge on any atom is -0.507 e. The van der Waals surface area contributed by atoms with E-state index < -0.39 is 11.9 Å². The summed E-state index contributed by atoms with van der Waals surface area (Å²) in [6.45, 7) is 1.18. The smallest absolute Gasteiger partial charge is 0.259 e. The molecule has 0 aromatic heterocycles. The van der Waals surface area contributed by atoms with Gasteiger partial charge in [-0.15, -0.1) is 0 Å². The van der Waals surface area contributed by atoms with Crippen LogP contribution in [0.25, 0.3) is 16.7 Å². The van der Waals surface area contributed by atoms with E-state index >= 15 is 0 Å². The molecule has 0 saturated heterocycles. The number of aliphatic hydroxyl groups excluding tert-OH is 1. The zero-order chi connectivity index (χ0) is 18.1. The fourth-order valence-electron chi connectivity index (χ4n) is 2.84. The molecule has 1 atom stereocenters. The molecular weight excluding hydrogens is 327 g/mol. The van der Waals surface area contributed by atoms with Gasteiger partial charge in [0.15, 0.2) is 5.76 Å². The quantitative estimate of drug-likeness (QED) is 0.504. The first-order valence-corrected chi connectivity index (χ1v) is 7.61. The SMILES string of the molecule is C/C(OF)=C1\C(=O)Nc2cc(O)c(-c3ccc(C(N)CO)cc3)cc21. The number of nitrogens with two attached hydrogens (primary N) is 1. The van der Waals surface area contributed by atoms with E-state index in [1.54, 1.807) is 30.3 Å². The maximum Gasteiger partial charge on any atom is 0.259 e. The van der Waals surface area contributed by atoms with Gasteiger partial charge in [0.1, 0.15) is 5.75 Å². The van der Waals surface area contributed by atoms with E-state index in [0.717, 1.165) is 5.56 Å². The predicted octanol–water partition coefficient (Wildman–Crippen LogP) is 2.64. The zero-order valence-corrected chi connectivity index (χ0v) is 13.4. The Balaban J connectivity index is 2.08. The number of aromatic hydroxyl groups is 1. The van der Waals surface area contributed by atoms with Crippen molar-refractivity contribution in [3.05, 3.63) is 53.3 Å². The number of carbonyl (C=O) groups excluding carboxylic acids is 1. The number of hydrogen-bond donors (Lipinski definition) is 4. The molecule has 0 radical (unpaired) electrons. The summed E-state index contributed by atoms with van der Waals surface area (Å²) in [6.07, 6.45) is 0. The van der Waals surface area contributed by atoms with Gasteiger partial charge in [-0.2, -0.15) is 0 Å². The summed E-state index contributed by atoms with van der Waals surface area (Å²) < 4.78 is 12.5. The van der Waals surface area contributed by atoms with Gasteiger partial charge < -0.3 is 21.3 Å². The van der Waals surface area contributed by atoms with Gasteiger partial charge in [0.05, 0.1) is 23.9 Å². The molecule has 2 aromatic rings. The van der Waals surface area contributed by atoms with Gasteiger partial charge in [0.2, 0.25) is 0 Å². The number of anilines is 1. The lowest BCUT2D eigenvalue weighted by molar-refractivity contribution is -0.112. The Morgan fingerprint density at radius 3 is 2.56 bits per heavy atom. The van der Waals surface area contributed by atoms with Crippen molar-refractivity contribution in [3.8, 4) is 16.9 Å². The molecule has 7 heteroatoms. The highest BCUT2D eigenvalue weighted by atomic mass is 19.3. The minimum atomic E-state index is -0.494. The Morgan fingerprint density at radius 1 is 1.28 bits per heavy atom. The van der Waals surface area contributed by atoms with Crippen LogP contribution in [-0.2, 0) is 9.74 Å². The number of allylic oxidation sites excluding steroid dienone is 1. The molecule has 3 rings (SSSR count). The number of halogens is 1. The summed E-state index contributed by atoms with van der Waals surface area (Å²) in [7, 11) is 0. The molecule has 1 aliphatic rings. The van der Waals surface area contributed by atoms with Crippen molar-refractivity contribution in [2.45, 2.75) is 13.0 Å². The number of amides is 1. The van der Waals surface area contributed by atoms with Gasteiger partial charge in [-0.05, 0) is 24.1 Å². The highest BCUT2D eigenvalue weighted by molar-refractivity contribution is 6.32. The summed E-state index contributed by atoms with van der Waals surface area (Å²) in [5.74, 6) is -0.679. The van der Waals surface area contributed by atoms with E-state index in [1.807, 2.05) is 0 Å². The lowest BCUT2D eigenvalue weighted by Gasteiger charge is -2.11. The van der Waals surface area contributed by atoms with Crippen molar-refractivity contribution >= 4 is 17.2 Å². The van der Waals surface area contributed by atoms with Crippen molar-refractivity contribution < 1.29 is 24.5 Å². The third-order valence-electron chi connectivity index (χ3n) is 4.19. The number of phenolic OH excluding ortho intramolecular Hbond substituents is 1. The van der Waals surface area contributed by atoms with Crippen LogP contribution in [0.1, 0.15) is 24.1 Å². The zero-order valence-electron chi connectivity index (χ0n) is 13.4. The molecule has 1 aliphatic heterocycles. The lowest BCUT2D eigenvalue weighted by Crippen LogP contribution is -2.14. The van der Waals surface area contributed by atoms with Crippen LogP contribution in [-0.4, -0.2) is 22.7 Å². The molecule has 6 nitrogen and oxygen atoms in total. The number of fused-ring (bicyclic) bond motifs is 1. The first kappa shape index (κ1) is 16.9. The van der Waals surface area contributed by atoms with E-state index in [1.165, 1.54) is 13.0 Å². The molecule has 0 fully saturated rings. The average molecular weight is 344 g/mol. The van der Waals surface area contributed by atoms with E-state index in [0.29, 0.717) is 22.4 Å². The molecular formula is C18H17FN2O4. The maximum atomic E-state index is 12.5. The van der Waals surface area contributed by atoms with E-state index in [4.69, 9.17) is 10.8 Å². The maximum absolute atomic E-state index is 12.5. The minimum absolute atomic E-state index is 0.0293. The van der Waals surface area contributed by atoms with Gasteiger partial charge in [0, 0.05) is 21.7 Å². The Kier molecular flexibility index (Phi) is 4.43. The third kappa shape index (κ3) is 2.95. The molecule has 0 saturated carbocycles. The molecule has 1 unspecified atom stereocenters. The van der Waals surface area contributed by atoms with Crippen molar-refractivity contribution in [1.82, 2.24) is 0 Å². The number of carbonyl (C=O) groups is 1. The van der Waals surface area contributed by atoms with E-state index in [2.05, 4.69) is 10.3 Å². The number of nitrogens with one attached hydrogen (secondary N) is 1. The molecule has 1 amide bonds. The number of benzene rings is 2. The topological polar surface area (TPSA) is 105 Å². The summed E-state index contributed by atoms with van der Waals surface area (Å²) in [6, 6.07) is 9.52. The molecule has 0 bridgehead atoms. The van der Waals surface area contributed by atoms with Gasteiger partial charge in [-0.1, -0.05) is 24.3 Å². The lowest BCUT2D eigenvalue weighted by atomic mass is 9.96. The number of aliphatic hydroxyl groups is 1. The van der Waals surface area contributed by atoms with E-state index in [9.17, 15) is 14.4 Å². The predicted molar refractivity (Wildman–Crippen MR) is 91.0 cm³/mol. The van der Waals surface area contributed by atoms with Crippen LogP contribution in [0, 0.1) is 0 Å². The second kappa shape index (κ2) is 6.54. The average Bonchev–Trinajstić information content (AvgIpc) is 2.94. The van der Waals surface area contributed by atoms with Gasteiger partial charge >= 0.3 is 0 Å². The molecule has 5 N–H and O–H groups in total. The number of hydrogen-bond acceptors (Lipinski definition) is 5. The van der Waals surface area contributed by atoms with Gasteiger partial charge in [-0.25, -0.2) is 0 Å². The molecule has 0 spiro atoms. The first-order chi connectivity index (χ1) is 12.0. The largest absolute Gasteiger partial charge is 0.507 e. The van der Waals surface area contributed by atoms with Crippen LogP contribution in [0.5, 0.6) is 5.75 Å². The molecule has 2 aromatic carbocycles. The van der Waals surface area contributed by atoms with Crippen LogP contribution in [0.15, 0.2) is 42.2 Å². The number of phenols is 1. The fraction of sp³-hybridized carbons (Fsp3) is 0.167. The summed E-state index contributed by atoms with van der Waals surface area (Å²) in [4.78, 5) is 15.7. The Morgan fingerprint density at radius 2 is 1.96 bits per heavy atom. The van der Waals surface area contributed by atoms with Crippen LogP contribution in [0.3, 0.4) is 0 Å². The second-order valence-corrected chi connectivity index (χ2v) is 5.79. The third-order valence-corrected chi connectivity index (χ3v) is 4.19. The Labute approximate surface area is 143 Å². The molecule has 25 heavy (non-hydrogen) atoms. The summed E-state index contributed by atoms with van der Waals surface area (Å²) >= 11 is 0. The van der Waals surface area contributed by atoms with Crippen LogP contribution >= 0.6 is 0 Å². The molecule has 1 heterocycles. The normalized spacial score (nSPS) is 16.2. The monoisotopic (exact) mass is 344 g/mol. The van der Waals surface area contributed by atoms with Crippen LogP contribution in [0.2, 0.25) is 0 Å². The van der Waals surface area contributed by atoms with Crippen molar-refractivity contribution in [1.29, 1.82) is 0 Å². The summed E-state index contributed by atoms with van der Waals surface area (Å²) in [5.41, 5.74) is 8.60. The second-order valence-electron chi connectivity index (χ2n) is 5.79. The van der Waals surface area contributed by atoms with Crippen LogP contribution < -0.4 is 11.1 Å². The van der Waals surface area contributed by atoms with Gasteiger partial charge in [-0.3, -0.25) is 9.74 Å². The molecule has 0 aliphatic carbocycles. The Bertz CT molecular complexity index is 862.